The monoisotopic (exact) mass is 271 g/mol. The van der Waals surface area contributed by atoms with E-state index in [0.717, 1.165) is 17.7 Å². The van der Waals surface area contributed by atoms with Crippen LogP contribution in [0.1, 0.15) is 29.4 Å². The minimum Gasteiger partial charge on any atom is -0.466 e. The van der Waals surface area contributed by atoms with Gasteiger partial charge in [0, 0.05) is 24.9 Å². The molecule has 1 aromatic heterocycles. The van der Waals surface area contributed by atoms with Gasteiger partial charge in [-0.1, -0.05) is 30.3 Å². The zero-order chi connectivity index (χ0) is 14.5. The first-order chi connectivity index (χ1) is 9.61. The number of aromatic nitrogens is 1. The first-order valence-electron chi connectivity index (χ1n) is 6.95. The summed E-state index contributed by atoms with van der Waals surface area (Å²) in [5, 5.41) is 0. The maximum atomic E-state index is 11.6. The Bertz CT molecular complexity index is 585. The third kappa shape index (κ3) is 3.29. The summed E-state index contributed by atoms with van der Waals surface area (Å²) in [6.45, 7) is 4.30. The van der Waals surface area contributed by atoms with Gasteiger partial charge in [-0.3, -0.25) is 4.79 Å². The topological polar surface area (TPSA) is 31.2 Å². The van der Waals surface area contributed by atoms with Gasteiger partial charge in [-0.25, -0.2) is 0 Å². The van der Waals surface area contributed by atoms with Crippen LogP contribution >= 0.6 is 0 Å². The van der Waals surface area contributed by atoms with Gasteiger partial charge in [-0.2, -0.15) is 0 Å². The Labute approximate surface area is 120 Å². The van der Waals surface area contributed by atoms with Crippen LogP contribution in [0.15, 0.2) is 36.4 Å². The van der Waals surface area contributed by atoms with E-state index >= 15 is 0 Å². The van der Waals surface area contributed by atoms with Gasteiger partial charge in [-0.15, -0.1) is 0 Å². The van der Waals surface area contributed by atoms with Crippen LogP contribution in [0.3, 0.4) is 0 Å². The van der Waals surface area contributed by atoms with Gasteiger partial charge in [0.15, 0.2) is 0 Å². The molecule has 0 N–H and O–H groups in total. The molecule has 0 saturated heterocycles. The number of carbonyl (C=O) groups excluding carboxylic acids is 1. The largest absolute Gasteiger partial charge is 0.466 e. The number of carbonyl (C=O) groups is 1. The van der Waals surface area contributed by atoms with E-state index in [-0.39, 0.29) is 5.97 Å². The Morgan fingerprint density at radius 3 is 2.60 bits per heavy atom. The predicted octanol–water partition coefficient (Wildman–Crippen LogP) is 3.03. The van der Waals surface area contributed by atoms with Crippen molar-refractivity contribution in [3.63, 3.8) is 0 Å². The average Bonchev–Trinajstić information content (AvgIpc) is 2.68. The van der Waals surface area contributed by atoms with E-state index in [1.807, 2.05) is 39.1 Å². The molecule has 3 heteroatoms. The molecule has 0 unspecified atom stereocenters. The molecule has 0 atom stereocenters. The lowest BCUT2D eigenvalue weighted by atomic mass is 10.1. The molecule has 0 amide bonds. The van der Waals surface area contributed by atoms with Crippen molar-refractivity contribution in [1.82, 2.24) is 4.57 Å². The lowest BCUT2D eigenvalue weighted by Crippen LogP contribution is -2.12. The number of rotatable bonds is 5. The van der Waals surface area contributed by atoms with Crippen molar-refractivity contribution in [3.8, 4) is 0 Å². The predicted molar refractivity (Wildman–Crippen MR) is 79.7 cm³/mol. The fraction of sp³-hybridized carbons (Fsp3) is 0.353. The van der Waals surface area contributed by atoms with Gasteiger partial charge in [0.25, 0.3) is 0 Å². The summed E-state index contributed by atoms with van der Waals surface area (Å²) in [6.07, 6.45) is 1.21. The molecule has 2 rings (SSSR count). The molecule has 0 bridgehead atoms. The second-order valence-electron chi connectivity index (χ2n) is 4.97. The maximum absolute atomic E-state index is 11.6. The van der Waals surface area contributed by atoms with Crippen molar-refractivity contribution in [2.75, 3.05) is 6.61 Å². The molecular formula is C17H21NO2. The van der Waals surface area contributed by atoms with Gasteiger partial charge in [0.05, 0.1) is 13.0 Å². The molecule has 0 radical (unpaired) electrons. The number of nitrogens with zero attached hydrogens (tertiary/aromatic N) is 1. The quantitative estimate of drug-likeness (QED) is 0.783. The van der Waals surface area contributed by atoms with Crippen molar-refractivity contribution < 1.29 is 9.53 Å². The summed E-state index contributed by atoms with van der Waals surface area (Å²) >= 11 is 0. The highest BCUT2D eigenvalue weighted by molar-refractivity contribution is 5.72. The average molecular weight is 271 g/mol. The molecule has 0 aliphatic heterocycles. The van der Waals surface area contributed by atoms with E-state index in [2.05, 4.69) is 22.8 Å². The molecule has 20 heavy (non-hydrogen) atoms. The van der Waals surface area contributed by atoms with Gasteiger partial charge in [0.2, 0.25) is 0 Å². The summed E-state index contributed by atoms with van der Waals surface area (Å²) in [5.74, 6) is -0.164. The molecule has 1 aromatic carbocycles. The van der Waals surface area contributed by atoms with Crippen LogP contribution in [0.25, 0.3) is 0 Å². The minimum atomic E-state index is -0.164. The smallest absolute Gasteiger partial charge is 0.311 e. The van der Waals surface area contributed by atoms with E-state index in [4.69, 9.17) is 4.74 Å². The fourth-order valence-electron chi connectivity index (χ4n) is 2.45. The summed E-state index contributed by atoms with van der Waals surface area (Å²) in [6, 6.07) is 12.5. The van der Waals surface area contributed by atoms with E-state index in [0.29, 0.717) is 13.0 Å². The van der Waals surface area contributed by atoms with E-state index in [1.54, 1.807) is 0 Å². The van der Waals surface area contributed by atoms with Gasteiger partial charge >= 0.3 is 5.97 Å². The highest BCUT2D eigenvalue weighted by Gasteiger charge is 2.14. The highest BCUT2D eigenvalue weighted by Crippen LogP contribution is 2.18. The molecular weight excluding hydrogens is 250 g/mol. The third-order valence-corrected chi connectivity index (χ3v) is 3.52. The highest BCUT2D eigenvalue weighted by atomic mass is 16.5. The Balaban J connectivity index is 2.18. The summed E-state index contributed by atoms with van der Waals surface area (Å²) in [7, 11) is 2.01. The second kappa shape index (κ2) is 6.42. The van der Waals surface area contributed by atoms with Crippen LogP contribution in [-0.2, 0) is 29.4 Å². The van der Waals surface area contributed by atoms with Crippen molar-refractivity contribution in [3.05, 3.63) is 58.9 Å². The number of benzene rings is 1. The van der Waals surface area contributed by atoms with Crippen molar-refractivity contribution in [2.24, 2.45) is 7.05 Å². The number of esters is 1. The van der Waals surface area contributed by atoms with Crippen LogP contribution in [0.4, 0.5) is 0 Å². The zero-order valence-corrected chi connectivity index (χ0v) is 12.3. The summed E-state index contributed by atoms with van der Waals surface area (Å²) in [5.41, 5.74) is 4.67. The Kier molecular flexibility index (Phi) is 4.61. The molecule has 0 saturated carbocycles. The molecule has 2 aromatic rings. The summed E-state index contributed by atoms with van der Waals surface area (Å²) < 4.78 is 7.14. The van der Waals surface area contributed by atoms with Crippen molar-refractivity contribution in [1.29, 1.82) is 0 Å². The second-order valence-corrected chi connectivity index (χ2v) is 4.97. The Morgan fingerprint density at radius 2 is 1.95 bits per heavy atom. The lowest BCUT2D eigenvalue weighted by molar-refractivity contribution is -0.142. The number of ether oxygens (including phenoxy) is 1. The molecule has 0 aliphatic carbocycles. The number of hydrogen-bond acceptors (Lipinski definition) is 2. The van der Waals surface area contributed by atoms with Gasteiger partial charge in [0.1, 0.15) is 0 Å². The van der Waals surface area contributed by atoms with Crippen molar-refractivity contribution in [2.45, 2.75) is 26.7 Å². The van der Waals surface area contributed by atoms with E-state index < -0.39 is 0 Å². The summed E-state index contributed by atoms with van der Waals surface area (Å²) in [4.78, 5) is 11.6. The minimum absolute atomic E-state index is 0.164. The maximum Gasteiger partial charge on any atom is 0.311 e. The first kappa shape index (κ1) is 14.4. The van der Waals surface area contributed by atoms with Crippen LogP contribution < -0.4 is 0 Å². The van der Waals surface area contributed by atoms with Crippen LogP contribution in [-0.4, -0.2) is 17.1 Å². The standard InChI is InChI=1S/C17H21NO2/c1-4-20-17(19)12-16-13(2)10-15(18(16)3)11-14-8-6-5-7-9-14/h5-10H,4,11-12H2,1-3H3. The van der Waals surface area contributed by atoms with Crippen molar-refractivity contribution >= 4 is 5.97 Å². The fourth-order valence-corrected chi connectivity index (χ4v) is 2.45. The van der Waals surface area contributed by atoms with E-state index in [1.165, 1.54) is 11.3 Å². The van der Waals surface area contributed by atoms with E-state index in [9.17, 15) is 4.79 Å². The normalized spacial score (nSPS) is 10.6. The van der Waals surface area contributed by atoms with Gasteiger partial charge < -0.3 is 9.30 Å². The Morgan fingerprint density at radius 1 is 1.25 bits per heavy atom. The molecule has 0 fully saturated rings. The van der Waals surface area contributed by atoms with Crippen LogP contribution in [0.2, 0.25) is 0 Å². The molecule has 1 heterocycles. The number of hydrogen-bond donors (Lipinski definition) is 0. The lowest BCUT2D eigenvalue weighted by Gasteiger charge is -2.08. The number of aryl methyl sites for hydroxylation is 1. The van der Waals surface area contributed by atoms with Gasteiger partial charge in [-0.05, 0) is 31.0 Å². The van der Waals surface area contributed by atoms with Crippen LogP contribution in [0.5, 0.6) is 0 Å². The third-order valence-electron chi connectivity index (χ3n) is 3.52. The molecule has 0 spiro atoms. The molecule has 106 valence electrons. The van der Waals surface area contributed by atoms with Crippen LogP contribution in [0, 0.1) is 6.92 Å². The Hall–Kier alpha value is -2.03. The SMILES string of the molecule is CCOC(=O)Cc1c(C)cc(Cc2ccccc2)n1C. The first-order valence-corrected chi connectivity index (χ1v) is 6.95. The molecule has 0 aliphatic rings. The zero-order valence-electron chi connectivity index (χ0n) is 12.3. The molecule has 3 nitrogen and oxygen atoms in total.